The minimum absolute atomic E-state index is 0.0122. The van der Waals surface area contributed by atoms with Gasteiger partial charge in [-0.3, -0.25) is 9.69 Å². The highest BCUT2D eigenvalue weighted by Gasteiger charge is 2.48. The minimum Gasteiger partial charge on any atom is -0.305 e. The molecule has 130 valence electrons. The van der Waals surface area contributed by atoms with E-state index in [1.165, 1.54) is 12.1 Å². The summed E-state index contributed by atoms with van der Waals surface area (Å²) < 4.78 is 39.7. The second-order valence-corrected chi connectivity index (χ2v) is 6.38. The Hall–Kier alpha value is -2.92. The van der Waals surface area contributed by atoms with Gasteiger partial charge in [0.1, 0.15) is 6.04 Å². The molecule has 1 fully saturated rings. The average Bonchev–Trinajstić information content (AvgIpc) is 3.10. The predicted octanol–water partition coefficient (Wildman–Crippen LogP) is 3.64. The van der Waals surface area contributed by atoms with Crippen LogP contribution in [0.2, 0.25) is 0 Å². The van der Waals surface area contributed by atoms with Crippen LogP contribution in [0.15, 0.2) is 42.5 Å². The number of anilines is 2. The van der Waals surface area contributed by atoms with Crippen LogP contribution in [0.3, 0.4) is 0 Å². The molecule has 0 aliphatic carbocycles. The first-order valence-corrected chi connectivity index (χ1v) is 8.10. The van der Waals surface area contributed by atoms with Crippen molar-refractivity contribution < 1.29 is 18.0 Å². The topological polar surface area (TPSA) is 47.3 Å². The number of rotatable bonds is 1. The molecule has 0 radical (unpaired) electrons. The first-order chi connectivity index (χ1) is 12.3. The standard InChI is InChI=1S/C18H10F3N3OS/c19-18(20,21)13-8-12(6-5-11(13)9-22)23-16(25)15-7-10-3-1-2-4-14(10)24(15)17(23)26/h1-6,8,15H,7H2. The molecule has 26 heavy (non-hydrogen) atoms. The van der Waals surface area contributed by atoms with Crippen LogP contribution in [0, 0.1) is 11.3 Å². The molecular formula is C18H10F3N3OS. The van der Waals surface area contributed by atoms with Crippen molar-refractivity contribution >= 4 is 34.6 Å². The lowest BCUT2D eigenvalue weighted by Gasteiger charge is -2.21. The van der Waals surface area contributed by atoms with Gasteiger partial charge in [0.15, 0.2) is 5.11 Å². The largest absolute Gasteiger partial charge is 0.417 e. The second-order valence-electron chi connectivity index (χ2n) is 6.01. The normalized spacial score (nSPS) is 18.8. The highest BCUT2D eigenvalue weighted by Crippen LogP contribution is 2.41. The van der Waals surface area contributed by atoms with Gasteiger partial charge in [-0.05, 0) is 42.0 Å². The van der Waals surface area contributed by atoms with Gasteiger partial charge in [0.2, 0.25) is 0 Å². The van der Waals surface area contributed by atoms with Crippen molar-refractivity contribution in [2.24, 2.45) is 0 Å². The van der Waals surface area contributed by atoms with Gasteiger partial charge in [0.25, 0.3) is 5.91 Å². The highest BCUT2D eigenvalue weighted by atomic mass is 32.1. The molecule has 4 nitrogen and oxygen atoms in total. The molecule has 0 aromatic heterocycles. The Bertz CT molecular complexity index is 996. The molecule has 2 aliphatic rings. The number of hydrogen-bond donors (Lipinski definition) is 0. The Morgan fingerprint density at radius 3 is 2.62 bits per heavy atom. The van der Waals surface area contributed by atoms with E-state index in [9.17, 15) is 18.0 Å². The average molecular weight is 373 g/mol. The molecule has 2 aromatic rings. The zero-order valence-electron chi connectivity index (χ0n) is 13.1. The third-order valence-corrected chi connectivity index (χ3v) is 4.95. The molecule has 1 atom stereocenters. The summed E-state index contributed by atoms with van der Waals surface area (Å²) >= 11 is 5.40. The highest BCUT2D eigenvalue weighted by molar-refractivity contribution is 7.81. The molecule has 4 rings (SSSR count). The summed E-state index contributed by atoms with van der Waals surface area (Å²) in [5.41, 5.74) is 0.204. The quantitative estimate of drug-likeness (QED) is 0.716. The van der Waals surface area contributed by atoms with Crippen LogP contribution in [0.25, 0.3) is 0 Å². The van der Waals surface area contributed by atoms with Crippen LogP contribution in [0.1, 0.15) is 16.7 Å². The number of nitrogens with zero attached hydrogens (tertiary/aromatic N) is 3. The van der Waals surface area contributed by atoms with E-state index < -0.39 is 23.3 Å². The Labute approximate surface area is 152 Å². The molecule has 2 aromatic carbocycles. The number of thiocarbonyl (C=S) groups is 1. The van der Waals surface area contributed by atoms with Crippen LogP contribution in [0.5, 0.6) is 0 Å². The smallest absolute Gasteiger partial charge is 0.305 e. The van der Waals surface area contributed by atoms with Gasteiger partial charge >= 0.3 is 6.18 Å². The van der Waals surface area contributed by atoms with Crippen LogP contribution < -0.4 is 9.80 Å². The molecule has 2 heterocycles. The Kier molecular flexibility index (Phi) is 3.53. The summed E-state index contributed by atoms with van der Waals surface area (Å²) in [5.74, 6) is -0.371. The van der Waals surface area contributed by atoms with Crippen LogP contribution in [-0.2, 0) is 17.4 Å². The van der Waals surface area contributed by atoms with E-state index in [1.54, 1.807) is 4.90 Å². The molecule has 0 bridgehead atoms. The van der Waals surface area contributed by atoms with Crippen LogP contribution >= 0.6 is 12.2 Å². The van der Waals surface area contributed by atoms with Crippen molar-refractivity contribution in [1.82, 2.24) is 0 Å². The summed E-state index contributed by atoms with van der Waals surface area (Å²) in [4.78, 5) is 15.6. The lowest BCUT2D eigenvalue weighted by molar-refractivity contribution is -0.137. The van der Waals surface area contributed by atoms with E-state index >= 15 is 0 Å². The predicted molar refractivity (Wildman–Crippen MR) is 92.7 cm³/mol. The summed E-state index contributed by atoms with van der Waals surface area (Å²) in [6.07, 6.45) is -4.25. The van der Waals surface area contributed by atoms with Gasteiger partial charge in [-0.15, -0.1) is 0 Å². The number of fused-ring (bicyclic) bond motifs is 3. The molecular weight excluding hydrogens is 363 g/mol. The first-order valence-electron chi connectivity index (χ1n) is 7.69. The second kappa shape index (κ2) is 5.54. The van der Waals surface area contributed by atoms with Gasteiger partial charge in [0.05, 0.1) is 22.9 Å². The maximum absolute atomic E-state index is 13.2. The summed E-state index contributed by atoms with van der Waals surface area (Å²) in [7, 11) is 0. The number of hydrogen-bond acceptors (Lipinski definition) is 3. The summed E-state index contributed by atoms with van der Waals surface area (Å²) in [6.45, 7) is 0. The number of halogens is 3. The fraction of sp³-hybridized carbons (Fsp3) is 0.167. The number of amides is 1. The lowest BCUT2D eigenvalue weighted by atomic mass is 10.1. The number of para-hydroxylation sites is 1. The van der Waals surface area contributed by atoms with E-state index in [0.717, 1.165) is 28.3 Å². The minimum atomic E-state index is -4.70. The van der Waals surface area contributed by atoms with Gasteiger partial charge in [0, 0.05) is 12.1 Å². The Balaban J connectivity index is 1.78. The molecule has 8 heteroatoms. The number of carbonyl (C=O) groups is 1. The molecule has 1 saturated heterocycles. The third kappa shape index (κ3) is 2.28. The summed E-state index contributed by atoms with van der Waals surface area (Å²) in [5, 5.41) is 9.06. The number of benzene rings is 2. The molecule has 1 amide bonds. The molecule has 1 unspecified atom stereocenters. The maximum Gasteiger partial charge on any atom is 0.417 e. The van der Waals surface area contributed by atoms with Crippen molar-refractivity contribution in [2.45, 2.75) is 18.6 Å². The molecule has 0 spiro atoms. The first kappa shape index (κ1) is 16.5. The monoisotopic (exact) mass is 373 g/mol. The van der Waals surface area contributed by atoms with E-state index in [4.69, 9.17) is 17.5 Å². The zero-order chi connectivity index (χ0) is 18.6. The van der Waals surface area contributed by atoms with Crippen molar-refractivity contribution in [3.8, 4) is 6.07 Å². The van der Waals surface area contributed by atoms with Crippen molar-refractivity contribution in [3.63, 3.8) is 0 Å². The van der Waals surface area contributed by atoms with Crippen LogP contribution in [-0.4, -0.2) is 17.1 Å². The van der Waals surface area contributed by atoms with Gasteiger partial charge in [-0.2, -0.15) is 18.4 Å². The molecule has 0 N–H and O–H groups in total. The fourth-order valence-electron chi connectivity index (χ4n) is 3.41. The summed E-state index contributed by atoms with van der Waals surface area (Å²) in [6, 6.07) is 11.6. The van der Waals surface area contributed by atoms with Crippen molar-refractivity contribution in [1.29, 1.82) is 5.26 Å². The number of carbonyl (C=O) groups excluding carboxylic acids is 1. The maximum atomic E-state index is 13.2. The van der Waals surface area contributed by atoms with Crippen LogP contribution in [0.4, 0.5) is 24.5 Å². The van der Waals surface area contributed by atoms with E-state index in [-0.39, 0.29) is 16.7 Å². The molecule has 2 aliphatic heterocycles. The van der Waals surface area contributed by atoms with Gasteiger partial charge < -0.3 is 4.90 Å². The Morgan fingerprint density at radius 2 is 1.92 bits per heavy atom. The SMILES string of the molecule is N#Cc1ccc(N2C(=O)C3Cc4ccccc4N3C2=S)cc1C(F)(F)F. The van der Waals surface area contributed by atoms with Crippen molar-refractivity contribution in [2.75, 3.05) is 9.80 Å². The molecule has 0 saturated carbocycles. The van der Waals surface area contributed by atoms with Gasteiger partial charge in [-0.1, -0.05) is 18.2 Å². The van der Waals surface area contributed by atoms with E-state index in [2.05, 4.69) is 0 Å². The fourth-order valence-corrected chi connectivity index (χ4v) is 3.83. The number of alkyl halides is 3. The third-order valence-electron chi connectivity index (χ3n) is 4.57. The van der Waals surface area contributed by atoms with Crippen molar-refractivity contribution in [3.05, 3.63) is 59.2 Å². The van der Waals surface area contributed by atoms with E-state index in [0.29, 0.717) is 6.42 Å². The Morgan fingerprint density at radius 1 is 1.19 bits per heavy atom. The zero-order valence-corrected chi connectivity index (χ0v) is 13.9. The van der Waals surface area contributed by atoms with Gasteiger partial charge in [-0.25, -0.2) is 0 Å². The lowest BCUT2D eigenvalue weighted by Crippen LogP contribution is -2.33. The number of nitriles is 1. The van der Waals surface area contributed by atoms with E-state index in [1.807, 2.05) is 24.3 Å².